The van der Waals surface area contributed by atoms with Gasteiger partial charge in [-0.3, -0.25) is 4.90 Å². The predicted molar refractivity (Wildman–Crippen MR) is 80.8 cm³/mol. The molecule has 5 heteroatoms. The first kappa shape index (κ1) is 13.8. The molecule has 0 aromatic carbocycles. The maximum Gasteiger partial charge on any atom is 0.225 e. The molecule has 3 rings (SSSR count). The van der Waals surface area contributed by atoms with Crippen molar-refractivity contribution < 1.29 is 0 Å². The topological polar surface area (TPSA) is 44.3 Å². The number of anilines is 1. The lowest BCUT2D eigenvalue weighted by Gasteiger charge is -2.37. The second-order valence-corrected chi connectivity index (χ2v) is 5.85. The lowest BCUT2D eigenvalue weighted by atomic mass is 10.1. The second kappa shape index (κ2) is 6.50. The van der Waals surface area contributed by atoms with E-state index in [9.17, 15) is 0 Å². The largest absolute Gasteiger partial charge is 0.338 e. The van der Waals surface area contributed by atoms with Crippen LogP contribution in [0, 0.1) is 0 Å². The van der Waals surface area contributed by atoms with Crippen LogP contribution in [0.15, 0.2) is 12.4 Å². The molecule has 1 aromatic heterocycles. The lowest BCUT2D eigenvalue weighted by molar-refractivity contribution is 0.229. The Morgan fingerprint density at radius 3 is 2.90 bits per heavy atom. The minimum Gasteiger partial charge on any atom is -0.338 e. The molecule has 2 aliphatic rings. The lowest BCUT2D eigenvalue weighted by Crippen LogP contribution is -2.50. The summed E-state index contributed by atoms with van der Waals surface area (Å²) in [5.41, 5.74) is 1.17. The van der Waals surface area contributed by atoms with Crippen molar-refractivity contribution >= 4 is 5.95 Å². The first-order chi connectivity index (χ1) is 9.86. The standard InChI is InChI=1S/C15H25N5/c1-2-5-16-9-13-10-17-15(18-11-13)20-8-7-19-6-3-4-14(19)12-20/h10-11,14,16H,2-9,12H2,1H3. The quantitative estimate of drug-likeness (QED) is 0.820. The zero-order chi connectivity index (χ0) is 13.8. The molecule has 5 nitrogen and oxygen atoms in total. The number of hydrogen-bond donors (Lipinski definition) is 1. The van der Waals surface area contributed by atoms with Gasteiger partial charge in [0.15, 0.2) is 0 Å². The highest BCUT2D eigenvalue weighted by Crippen LogP contribution is 2.23. The fraction of sp³-hybridized carbons (Fsp3) is 0.733. The number of aromatic nitrogens is 2. The van der Waals surface area contributed by atoms with Crippen molar-refractivity contribution in [3.63, 3.8) is 0 Å². The van der Waals surface area contributed by atoms with Crippen molar-refractivity contribution in [3.05, 3.63) is 18.0 Å². The number of fused-ring (bicyclic) bond motifs is 1. The molecule has 0 amide bonds. The Kier molecular flexibility index (Phi) is 4.47. The maximum atomic E-state index is 4.55. The Labute approximate surface area is 121 Å². The van der Waals surface area contributed by atoms with Crippen molar-refractivity contribution in [2.75, 3.05) is 37.6 Å². The van der Waals surface area contributed by atoms with Gasteiger partial charge >= 0.3 is 0 Å². The van der Waals surface area contributed by atoms with Gasteiger partial charge in [0.25, 0.3) is 0 Å². The van der Waals surface area contributed by atoms with Gasteiger partial charge in [0, 0.05) is 50.2 Å². The maximum absolute atomic E-state index is 4.55. The number of rotatable bonds is 5. The van der Waals surface area contributed by atoms with E-state index in [1.807, 2.05) is 12.4 Å². The molecule has 110 valence electrons. The fourth-order valence-corrected chi connectivity index (χ4v) is 3.18. The molecule has 1 atom stereocenters. The summed E-state index contributed by atoms with van der Waals surface area (Å²) in [6.45, 7) is 8.68. The molecule has 0 saturated carbocycles. The van der Waals surface area contributed by atoms with E-state index in [2.05, 4.69) is 32.0 Å². The molecule has 2 aliphatic heterocycles. The highest BCUT2D eigenvalue weighted by Gasteiger charge is 2.31. The molecule has 0 spiro atoms. The van der Waals surface area contributed by atoms with E-state index in [4.69, 9.17) is 0 Å². The van der Waals surface area contributed by atoms with Gasteiger partial charge in [-0.2, -0.15) is 0 Å². The molecule has 2 saturated heterocycles. The third-order valence-electron chi connectivity index (χ3n) is 4.32. The normalized spacial score (nSPS) is 23.1. The van der Waals surface area contributed by atoms with Crippen LogP contribution in [-0.2, 0) is 6.54 Å². The summed E-state index contributed by atoms with van der Waals surface area (Å²) in [5, 5.41) is 3.38. The van der Waals surface area contributed by atoms with E-state index < -0.39 is 0 Å². The van der Waals surface area contributed by atoms with Crippen molar-refractivity contribution in [3.8, 4) is 0 Å². The molecule has 0 bridgehead atoms. The monoisotopic (exact) mass is 275 g/mol. The highest BCUT2D eigenvalue weighted by molar-refractivity contribution is 5.31. The van der Waals surface area contributed by atoms with Crippen LogP contribution in [0.4, 0.5) is 5.95 Å². The predicted octanol–water partition coefficient (Wildman–Crippen LogP) is 1.26. The van der Waals surface area contributed by atoms with Gasteiger partial charge < -0.3 is 10.2 Å². The van der Waals surface area contributed by atoms with Gasteiger partial charge in [-0.25, -0.2) is 9.97 Å². The SMILES string of the molecule is CCCNCc1cnc(N2CCN3CCCC3C2)nc1. The Morgan fingerprint density at radius 1 is 1.25 bits per heavy atom. The Balaban J connectivity index is 1.57. The van der Waals surface area contributed by atoms with Crippen LogP contribution < -0.4 is 10.2 Å². The molecule has 1 N–H and O–H groups in total. The zero-order valence-electron chi connectivity index (χ0n) is 12.4. The number of nitrogens with zero attached hydrogens (tertiary/aromatic N) is 4. The van der Waals surface area contributed by atoms with Crippen molar-refractivity contribution in [2.24, 2.45) is 0 Å². The van der Waals surface area contributed by atoms with Gasteiger partial charge in [0.05, 0.1) is 0 Å². The highest BCUT2D eigenvalue weighted by atomic mass is 15.3. The van der Waals surface area contributed by atoms with Gasteiger partial charge in [-0.05, 0) is 32.4 Å². The van der Waals surface area contributed by atoms with Crippen molar-refractivity contribution in [2.45, 2.75) is 38.8 Å². The minimum absolute atomic E-state index is 0.721. The molecule has 3 heterocycles. The number of nitrogens with one attached hydrogen (secondary N) is 1. The van der Waals surface area contributed by atoms with E-state index in [0.717, 1.165) is 51.1 Å². The molecule has 2 fully saturated rings. The van der Waals surface area contributed by atoms with E-state index in [-0.39, 0.29) is 0 Å². The number of piperazine rings is 1. The van der Waals surface area contributed by atoms with E-state index >= 15 is 0 Å². The molecule has 1 aromatic rings. The van der Waals surface area contributed by atoms with E-state index in [0.29, 0.717) is 0 Å². The summed E-state index contributed by atoms with van der Waals surface area (Å²) in [7, 11) is 0. The first-order valence-corrected chi connectivity index (χ1v) is 7.87. The van der Waals surface area contributed by atoms with Gasteiger partial charge in [0.2, 0.25) is 5.95 Å². The molecule has 0 aliphatic carbocycles. The van der Waals surface area contributed by atoms with E-state index in [1.165, 1.54) is 24.9 Å². The van der Waals surface area contributed by atoms with Gasteiger partial charge in [0.1, 0.15) is 0 Å². The van der Waals surface area contributed by atoms with Crippen molar-refractivity contribution in [1.82, 2.24) is 20.2 Å². The average Bonchev–Trinajstić information content (AvgIpc) is 2.96. The van der Waals surface area contributed by atoms with Crippen LogP contribution in [0.5, 0.6) is 0 Å². The molecular weight excluding hydrogens is 250 g/mol. The van der Waals surface area contributed by atoms with Crippen molar-refractivity contribution in [1.29, 1.82) is 0 Å². The van der Waals surface area contributed by atoms with Crippen LogP contribution in [-0.4, -0.2) is 53.6 Å². The minimum atomic E-state index is 0.721. The Hall–Kier alpha value is -1.20. The zero-order valence-corrected chi connectivity index (χ0v) is 12.4. The molecule has 20 heavy (non-hydrogen) atoms. The Morgan fingerprint density at radius 2 is 2.10 bits per heavy atom. The van der Waals surface area contributed by atoms with Crippen LogP contribution in [0.3, 0.4) is 0 Å². The van der Waals surface area contributed by atoms with Crippen LogP contribution in [0.1, 0.15) is 31.7 Å². The third kappa shape index (κ3) is 3.10. The smallest absolute Gasteiger partial charge is 0.225 e. The fourth-order valence-electron chi connectivity index (χ4n) is 3.18. The van der Waals surface area contributed by atoms with Crippen LogP contribution >= 0.6 is 0 Å². The van der Waals surface area contributed by atoms with E-state index in [1.54, 1.807) is 0 Å². The average molecular weight is 275 g/mol. The second-order valence-electron chi connectivity index (χ2n) is 5.85. The summed E-state index contributed by atoms with van der Waals surface area (Å²) < 4.78 is 0. The number of hydrogen-bond acceptors (Lipinski definition) is 5. The van der Waals surface area contributed by atoms with Gasteiger partial charge in [-0.1, -0.05) is 6.92 Å². The summed E-state index contributed by atoms with van der Waals surface area (Å²) in [5.74, 6) is 0.899. The van der Waals surface area contributed by atoms with Gasteiger partial charge in [-0.15, -0.1) is 0 Å². The molecule has 0 radical (unpaired) electrons. The summed E-state index contributed by atoms with van der Waals surface area (Å²) in [4.78, 5) is 14.1. The Bertz CT molecular complexity index is 419. The third-order valence-corrected chi connectivity index (χ3v) is 4.32. The molecule has 1 unspecified atom stereocenters. The van der Waals surface area contributed by atoms with Crippen LogP contribution in [0.25, 0.3) is 0 Å². The first-order valence-electron chi connectivity index (χ1n) is 7.87. The summed E-state index contributed by atoms with van der Waals surface area (Å²) in [6.07, 6.45) is 7.76. The summed E-state index contributed by atoms with van der Waals surface area (Å²) in [6, 6.07) is 0.721. The summed E-state index contributed by atoms with van der Waals surface area (Å²) >= 11 is 0. The van der Waals surface area contributed by atoms with Crippen LogP contribution in [0.2, 0.25) is 0 Å². The molecular formula is C15H25N5.